The zero-order valence-electron chi connectivity index (χ0n) is 36.8. The van der Waals surface area contributed by atoms with Crippen LogP contribution in [0.1, 0.15) is 5.56 Å². The maximum absolute atomic E-state index is 2.47. The van der Waals surface area contributed by atoms with Crippen LogP contribution in [0.15, 0.2) is 249 Å². The van der Waals surface area contributed by atoms with E-state index in [1.54, 1.807) is 0 Å². The molecule has 1 nitrogen and oxygen atoms in total. The van der Waals surface area contributed by atoms with Gasteiger partial charge in [0.05, 0.1) is 11.0 Å². The minimum atomic E-state index is 0.297. The monoisotopic (exact) mass is 849 g/mol. The van der Waals surface area contributed by atoms with Gasteiger partial charge >= 0.3 is 0 Å². The standard InChI is InChI=1S/C66H43N/c1-2-22-46(23-3-1)67-61-38-36-44(63-51-26-8-12-30-55(51)65(56-31-13-9-27-52(56)63)49-34-16-20-42-18-4-6-24-47(42)49)40-59(61)60-41-45(37-39-62(60)67)64-53-28-10-14-32-57(53)66(58-33-15-11-29-54(58)64)50-35-17-21-43-19-5-7-25-48(43)50/h1-42,47H. The van der Waals surface area contributed by atoms with E-state index < -0.39 is 0 Å². The van der Waals surface area contributed by atoms with Crippen LogP contribution in [0, 0.1) is 11.8 Å². The fourth-order valence-electron chi connectivity index (χ4n) is 11.9. The largest absolute Gasteiger partial charge is 0.309 e. The molecule has 2 unspecified atom stereocenters. The maximum Gasteiger partial charge on any atom is 0.0541 e. The summed E-state index contributed by atoms with van der Waals surface area (Å²) in [7, 11) is 0. The van der Waals surface area contributed by atoms with Gasteiger partial charge in [-0.3, -0.25) is 0 Å². The second-order valence-corrected chi connectivity index (χ2v) is 18.2. The van der Waals surface area contributed by atoms with Crippen LogP contribution in [0.5, 0.6) is 0 Å². The van der Waals surface area contributed by atoms with Crippen LogP contribution in [0.2, 0.25) is 0 Å². The molecule has 11 aromatic carbocycles. The summed E-state index contributed by atoms with van der Waals surface area (Å²) in [6, 6.07) is 76.9. The van der Waals surface area contributed by atoms with Crippen LogP contribution in [-0.4, -0.2) is 4.57 Å². The molecule has 2 aliphatic carbocycles. The zero-order chi connectivity index (χ0) is 44.0. The van der Waals surface area contributed by atoms with Gasteiger partial charge in [0.1, 0.15) is 0 Å². The van der Waals surface area contributed by atoms with Crippen LogP contribution in [-0.2, 0) is 0 Å². The molecular formula is C66H43N. The van der Waals surface area contributed by atoms with Gasteiger partial charge in [-0.2, -0.15) is 0 Å². The maximum atomic E-state index is 2.47. The number of rotatable bonds is 5. The van der Waals surface area contributed by atoms with E-state index in [-0.39, 0.29) is 0 Å². The van der Waals surface area contributed by atoms with Crippen LogP contribution in [0.4, 0.5) is 0 Å². The predicted molar refractivity (Wildman–Crippen MR) is 287 cm³/mol. The van der Waals surface area contributed by atoms with Crippen molar-refractivity contribution in [1.29, 1.82) is 0 Å². The lowest BCUT2D eigenvalue weighted by molar-refractivity contribution is 0.679. The summed E-state index contributed by atoms with van der Waals surface area (Å²) in [5.41, 5.74) is 13.8. The van der Waals surface area contributed by atoms with Crippen molar-refractivity contribution < 1.29 is 0 Å². The summed E-state index contributed by atoms with van der Waals surface area (Å²) in [6.07, 6.45) is 16.1. The lowest BCUT2D eigenvalue weighted by Gasteiger charge is -2.29. The average Bonchev–Trinajstić information content (AvgIpc) is 3.72. The fourth-order valence-corrected chi connectivity index (χ4v) is 11.9. The minimum Gasteiger partial charge on any atom is -0.309 e. The van der Waals surface area contributed by atoms with E-state index in [0.29, 0.717) is 11.8 Å². The molecule has 14 rings (SSSR count). The molecule has 0 radical (unpaired) electrons. The molecule has 312 valence electrons. The van der Waals surface area contributed by atoms with Gasteiger partial charge in [-0.1, -0.05) is 212 Å². The van der Waals surface area contributed by atoms with Gasteiger partial charge in [0.15, 0.2) is 0 Å². The highest BCUT2D eigenvalue weighted by atomic mass is 15.0. The number of aromatic nitrogens is 1. The van der Waals surface area contributed by atoms with Crippen molar-refractivity contribution in [1.82, 2.24) is 4.57 Å². The predicted octanol–water partition coefficient (Wildman–Crippen LogP) is 17.9. The summed E-state index contributed by atoms with van der Waals surface area (Å²) in [4.78, 5) is 0. The Balaban J connectivity index is 1.04. The number of hydrogen-bond donors (Lipinski definition) is 0. The molecule has 0 amide bonds. The highest BCUT2D eigenvalue weighted by Crippen LogP contribution is 2.49. The third-order valence-corrected chi connectivity index (χ3v) is 14.7. The number of para-hydroxylation sites is 1. The summed E-state index contributed by atoms with van der Waals surface area (Å²) in [5, 5.41) is 15.1. The van der Waals surface area contributed by atoms with Crippen molar-refractivity contribution in [3.63, 3.8) is 0 Å². The first kappa shape index (κ1) is 37.8. The third-order valence-electron chi connectivity index (χ3n) is 14.7. The van der Waals surface area contributed by atoms with Gasteiger partial charge in [-0.25, -0.2) is 0 Å². The van der Waals surface area contributed by atoms with E-state index >= 15 is 0 Å². The van der Waals surface area contributed by atoms with Crippen LogP contribution in [0.3, 0.4) is 0 Å². The molecular weight excluding hydrogens is 807 g/mol. The highest BCUT2D eigenvalue weighted by Gasteiger charge is 2.28. The van der Waals surface area contributed by atoms with E-state index in [1.165, 1.54) is 120 Å². The first-order valence-corrected chi connectivity index (χ1v) is 23.5. The smallest absolute Gasteiger partial charge is 0.0541 e. The van der Waals surface area contributed by atoms with Crippen molar-refractivity contribution >= 4 is 81.2 Å². The first-order chi connectivity index (χ1) is 33.3. The average molecular weight is 850 g/mol. The van der Waals surface area contributed by atoms with Crippen molar-refractivity contribution in [2.45, 2.75) is 0 Å². The molecule has 0 N–H and O–H groups in total. The first-order valence-electron chi connectivity index (χ1n) is 23.5. The van der Waals surface area contributed by atoms with Crippen LogP contribution in [0.25, 0.3) is 120 Å². The van der Waals surface area contributed by atoms with Crippen LogP contribution < -0.4 is 0 Å². The number of fused-ring (bicyclic) bond motifs is 9. The molecule has 0 bridgehead atoms. The fraction of sp³-hybridized carbons (Fsp3) is 0.0303. The number of allylic oxidation sites excluding steroid dienone is 8. The molecule has 2 aliphatic rings. The van der Waals surface area contributed by atoms with Crippen molar-refractivity contribution in [3.8, 4) is 39.1 Å². The van der Waals surface area contributed by atoms with E-state index in [9.17, 15) is 0 Å². The second kappa shape index (κ2) is 15.0. The van der Waals surface area contributed by atoms with E-state index in [0.717, 1.165) is 5.69 Å². The molecule has 1 heterocycles. The van der Waals surface area contributed by atoms with Crippen molar-refractivity contribution in [2.24, 2.45) is 11.8 Å². The summed E-state index contributed by atoms with van der Waals surface area (Å²) < 4.78 is 2.45. The second-order valence-electron chi connectivity index (χ2n) is 18.2. The van der Waals surface area contributed by atoms with E-state index in [1.807, 2.05) is 0 Å². The molecule has 0 saturated carbocycles. The van der Waals surface area contributed by atoms with Gasteiger partial charge in [0, 0.05) is 28.3 Å². The summed E-state index contributed by atoms with van der Waals surface area (Å²) in [6.45, 7) is 0. The quantitative estimate of drug-likeness (QED) is 0.152. The Morgan fingerprint density at radius 1 is 0.313 bits per heavy atom. The minimum absolute atomic E-state index is 0.297. The van der Waals surface area contributed by atoms with Gasteiger partial charge in [-0.05, 0) is 135 Å². The van der Waals surface area contributed by atoms with Crippen molar-refractivity contribution in [2.75, 3.05) is 0 Å². The molecule has 2 atom stereocenters. The molecule has 67 heavy (non-hydrogen) atoms. The summed E-state index contributed by atoms with van der Waals surface area (Å²) in [5.74, 6) is 0.653. The molecule has 0 saturated heterocycles. The summed E-state index contributed by atoms with van der Waals surface area (Å²) >= 11 is 0. The Kier molecular flexibility index (Phi) is 8.48. The lowest BCUT2D eigenvalue weighted by Crippen LogP contribution is -2.15. The highest BCUT2D eigenvalue weighted by molar-refractivity contribution is 6.25. The Bertz CT molecular complexity index is 4040. The zero-order valence-corrected chi connectivity index (χ0v) is 36.8. The molecule has 1 aromatic heterocycles. The topological polar surface area (TPSA) is 4.93 Å². The molecule has 0 fully saturated rings. The molecule has 0 spiro atoms. The number of nitrogens with zero attached hydrogens (tertiary/aromatic N) is 1. The van der Waals surface area contributed by atoms with Gasteiger partial charge in [0.25, 0.3) is 0 Å². The Morgan fingerprint density at radius 3 is 1.33 bits per heavy atom. The van der Waals surface area contributed by atoms with Crippen LogP contribution >= 0.6 is 0 Å². The number of benzene rings is 11. The van der Waals surface area contributed by atoms with E-state index in [2.05, 4.69) is 253 Å². The molecule has 12 aromatic rings. The number of hydrogen-bond acceptors (Lipinski definition) is 0. The van der Waals surface area contributed by atoms with Gasteiger partial charge in [0.2, 0.25) is 0 Å². The van der Waals surface area contributed by atoms with E-state index in [4.69, 9.17) is 0 Å². The normalized spacial score (nSPS) is 15.7. The molecule has 0 aliphatic heterocycles. The van der Waals surface area contributed by atoms with Gasteiger partial charge < -0.3 is 4.57 Å². The Morgan fingerprint density at radius 2 is 0.761 bits per heavy atom. The lowest BCUT2D eigenvalue weighted by atomic mass is 9.74. The Hall–Kier alpha value is -8.52. The Labute approximate surface area is 389 Å². The molecule has 1 heteroatoms. The van der Waals surface area contributed by atoms with Crippen molar-refractivity contribution in [3.05, 3.63) is 254 Å². The van der Waals surface area contributed by atoms with Gasteiger partial charge in [-0.15, -0.1) is 0 Å². The SMILES string of the molecule is C1=CC2C=CC=C(c3c4ccccc4c(-c4ccc5c(c4)c4cc(-c6c7ccccc7c(-c7cccc8ccccc78)c7ccccc67)ccc4n5-c4ccccc4)c4ccccc34)C2C=C1. The third kappa shape index (κ3) is 5.75.